The predicted octanol–water partition coefficient (Wildman–Crippen LogP) is 3.73. The van der Waals surface area contributed by atoms with E-state index >= 15 is 0 Å². The van der Waals surface area contributed by atoms with E-state index < -0.39 is 0 Å². The van der Waals surface area contributed by atoms with Gasteiger partial charge in [0.15, 0.2) is 11.0 Å². The summed E-state index contributed by atoms with van der Waals surface area (Å²) in [4.78, 5) is 14.7. The van der Waals surface area contributed by atoms with Crippen molar-refractivity contribution < 1.29 is 14.3 Å². The molecule has 3 aromatic rings. The van der Waals surface area contributed by atoms with E-state index in [9.17, 15) is 4.79 Å². The lowest BCUT2D eigenvalue weighted by Gasteiger charge is -2.17. The number of carbonyl (C=O) groups excluding carboxylic acids is 1. The third-order valence-electron chi connectivity index (χ3n) is 5.05. The normalized spacial score (nSPS) is 12.5. The number of allylic oxidation sites excluding steroid dienone is 1. The summed E-state index contributed by atoms with van der Waals surface area (Å²) in [6.07, 6.45) is 2.68. The third-order valence-corrected chi connectivity index (χ3v) is 6.00. The van der Waals surface area contributed by atoms with Crippen LogP contribution in [-0.4, -0.2) is 40.1 Å². The molecule has 0 unspecified atom stereocenters. The Morgan fingerprint density at radius 1 is 1.16 bits per heavy atom. The molecule has 160 valence electrons. The Hall–Kier alpha value is -3.26. The van der Waals surface area contributed by atoms with Crippen molar-refractivity contribution in [3.8, 4) is 11.5 Å². The highest BCUT2D eigenvalue weighted by atomic mass is 32.2. The Balaban J connectivity index is 1.40. The number of nitrogens with zero attached hydrogens (tertiary/aromatic N) is 4. The Bertz CT molecular complexity index is 1060. The number of amides is 1. The van der Waals surface area contributed by atoms with Gasteiger partial charge in [-0.15, -0.1) is 16.8 Å². The molecule has 1 amide bonds. The molecule has 0 N–H and O–H groups in total. The average molecular weight is 437 g/mol. The summed E-state index contributed by atoms with van der Waals surface area (Å²) in [7, 11) is 1.63. The maximum atomic E-state index is 12.8. The van der Waals surface area contributed by atoms with Crippen LogP contribution in [0.3, 0.4) is 0 Å². The lowest BCUT2D eigenvalue weighted by molar-refractivity contribution is -0.116. The molecule has 0 saturated heterocycles. The Morgan fingerprint density at radius 3 is 2.71 bits per heavy atom. The van der Waals surface area contributed by atoms with Gasteiger partial charge in [0.25, 0.3) is 0 Å². The second-order valence-corrected chi connectivity index (χ2v) is 7.92. The Morgan fingerprint density at radius 2 is 1.94 bits per heavy atom. The number of rotatable bonds is 9. The van der Waals surface area contributed by atoms with Gasteiger partial charge in [-0.05, 0) is 42.3 Å². The molecule has 0 atom stereocenters. The van der Waals surface area contributed by atoms with Crippen molar-refractivity contribution in [3.63, 3.8) is 0 Å². The number of ether oxygens (including phenoxy) is 2. The maximum absolute atomic E-state index is 12.8. The highest BCUT2D eigenvalue weighted by Gasteiger charge is 2.24. The molecule has 1 aromatic heterocycles. The molecule has 2 aromatic carbocycles. The summed E-state index contributed by atoms with van der Waals surface area (Å²) >= 11 is 1.38. The molecule has 1 aliphatic heterocycles. The Labute approximate surface area is 185 Å². The largest absolute Gasteiger partial charge is 0.497 e. The fourth-order valence-corrected chi connectivity index (χ4v) is 4.31. The van der Waals surface area contributed by atoms with Gasteiger partial charge in [0.2, 0.25) is 5.91 Å². The van der Waals surface area contributed by atoms with E-state index in [-0.39, 0.29) is 12.5 Å². The van der Waals surface area contributed by atoms with E-state index in [4.69, 9.17) is 9.47 Å². The number of benzene rings is 2. The zero-order valence-electron chi connectivity index (χ0n) is 17.4. The minimum atomic E-state index is 0.0686. The van der Waals surface area contributed by atoms with Crippen LogP contribution in [0.2, 0.25) is 0 Å². The fourth-order valence-electron chi connectivity index (χ4n) is 3.47. The number of carbonyl (C=O) groups is 1. The first kappa shape index (κ1) is 21.0. The SMILES string of the molecule is C=CCn1c(COc2ccc(OC)cc2)nnc1SCC(=O)N1CCc2ccccc21. The molecule has 8 heteroatoms. The molecule has 4 rings (SSSR count). The zero-order valence-corrected chi connectivity index (χ0v) is 18.2. The molecule has 0 radical (unpaired) electrons. The molecule has 0 aliphatic carbocycles. The first-order valence-corrected chi connectivity index (χ1v) is 11.0. The number of methoxy groups -OCH3 is 1. The van der Waals surface area contributed by atoms with Gasteiger partial charge in [-0.3, -0.25) is 9.36 Å². The van der Waals surface area contributed by atoms with Crippen molar-refractivity contribution in [2.45, 2.75) is 24.7 Å². The number of anilines is 1. The van der Waals surface area contributed by atoms with E-state index in [0.29, 0.717) is 29.0 Å². The molecule has 7 nitrogen and oxygen atoms in total. The molecule has 31 heavy (non-hydrogen) atoms. The minimum absolute atomic E-state index is 0.0686. The van der Waals surface area contributed by atoms with Gasteiger partial charge < -0.3 is 14.4 Å². The molecule has 0 bridgehead atoms. The molecule has 0 fully saturated rings. The third kappa shape index (κ3) is 4.74. The quantitative estimate of drug-likeness (QED) is 0.376. The van der Waals surface area contributed by atoms with Crippen LogP contribution in [0.5, 0.6) is 11.5 Å². The van der Waals surface area contributed by atoms with Crippen molar-refractivity contribution in [1.29, 1.82) is 0 Å². The summed E-state index contributed by atoms with van der Waals surface area (Å²) in [6.45, 7) is 5.35. The number of fused-ring (bicyclic) bond motifs is 1. The van der Waals surface area contributed by atoms with E-state index in [0.717, 1.165) is 24.4 Å². The summed E-state index contributed by atoms with van der Waals surface area (Å²) in [5.41, 5.74) is 2.22. The van der Waals surface area contributed by atoms with Gasteiger partial charge in [0.05, 0.1) is 12.9 Å². The molecule has 2 heterocycles. The summed E-state index contributed by atoms with van der Waals surface area (Å²) < 4.78 is 12.9. The van der Waals surface area contributed by atoms with Gasteiger partial charge >= 0.3 is 0 Å². The van der Waals surface area contributed by atoms with Crippen molar-refractivity contribution in [2.75, 3.05) is 24.3 Å². The molecular formula is C23H24N4O3S. The minimum Gasteiger partial charge on any atom is -0.497 e. The summed E-state index contributed by atoms with van der Waals surface area (Å²) in [6, 6.07) is 15.4. The topological polar surface area (TPSA) is 69.5 Å². The predicted molar refractivity (Wildman–Crippen MR) is 121 cm³/mol. The van der Waals surface area contributed by atoms with Crippen LogP contribution in [0.1, 0.15) is 11.4 Å². The average Bonchev–Trinajstić information content (AvgIpc) is 3.41. The van der Waals surface area contributed by atoms with Gasteiger partial charge in [0, 0.05) is 18.8 Å². The summed E-state index contributed by atoms with van der Waals surface area (Å²) in [5, 5.41) is 9.21. The Kier molecular flexibility index (Phi) is 6.57. The van der Waals surface area contributed by atoms with Crippen LogP contribution in [0.25, 0.3) is 0 Å². The van der Waals surface area contributed by atoms with Gasteiger partial charge in [-0.2, -0.15) is 0 Å². The van der Waals surface area contributed by atoms with Crippen molar-refractivity contribution in [1.82, 2.24) is 14.8 Å². The van der Waals surface area contributed by atoms with E-state index in [1.54, 1.807) is 13.2 Å². The van der Waals surface area contributed by atoms with Crippen molar-refractivity contribution in [2.24, 2.45) is 0 Å². The van der Waals surface area contributed by atoms with Crippen LogP contribution >= 0.6 is 11.8 Å². The molecule has 1 aliphatic rings. The van der Waals surface area contributed by atoms with Gasteiger partial charge in [-0.25, -0.2) is 0 Å². The van der Waals surface area contributed by atoms with Crippen LogP contribution in [0, 0.1) is 0 Å². The second kappa shape index (κ2) is 9.70. The number of thioether (sulfide) groups is 1. The first-order valence-electron chi connectivity index (χ1n) is 10.0. The van der Waals surface area contributed by atoms with Crippen molar-refractivity contribution in [3.05, 3.63) is 72.6 Å². The second-order valence-electron chi connectivity index (χ2n) is 6.98. The van der Waals surface area contributed by atoms with E-state index in [2.05, 4.69) is 22.8 Å². The van der Waals surface area contributed by atoms with E-state index in [1.807, 2.05) is 51.9 Å². The summed E-state index contributed by atoms with van der Waals surface area (Å²) in [5.74, 6) is 2.52. The van der Waals surface area contributed by atoms with Crippen LogP contribution in [0.4, 0.5) is 5.69 Å². The first-order chi connectivity index (χ1) is 15.2. The van der Waals surface area contributed by atoms with E-state index in [1.165, 1.54) is 17.3 Å². The van der Waals surface area contributed by atoms with Gasteiger partial charge in [-0.1, -0.05) is 36.0 Å². The van der Waals surface area contributed by atoms with Crippen LogP contribution in [0.15, 0.2) is 66.3 Å². The smallest absolute Gasteiger partial charge is 0.237 e. The molecular weight excluding hydrogens is 412 g/mol. The monoisotopic (exact) mass is 436 g/mol. The molecule has 0 spiro atoms. The standard InChI is InChI=1S/C23H24N4O3S/c1-3-13-27-21(15-30-19-10-8-18(29-2)9-11-19)24-25-23(27)31-16-22(28)26-14-12-17-6-4-5-7-20(17)26/h3-11H,1,12-16H2,2H3. The fraction of sp³-hybridized carbons (Fsp3) is 0.261. The number of para-hydroxylation sites is 1. The van der Waals surface area contributed by atoms with Crippen LogP contribution < -0.4 is 14.4 Å². The highest BCUT2D eigenvalue weighted by molar-refractivity contribution is 7.99. The number of hydrogen-bond acceptors (Lipinski definition) is 6. The van der Waals surface area contributed by atoms with Crippen molar-refractivity contribution >= 4 is 23.4 Å². The highest BCUT2D eigenvalue weighted by Crippen LogP contribution is 2.29. The lowest BCUT2D eigenvalue weighted by Crippen LogP contribution is -2.30. The van der Waals surface area contributed by atoms with Gasteiger partial charge in [0.1, 0.15) is 18.1 Å². The molecule has 0 saturated carbocycles. The number of hydrogen-bond donors (Lipinski definition) is 0. The lowest BCUT2D eigenvalue weighted by atomic mass is 10.2. The number of aromatic nitrogens is 3. The maximum Gasteiger partial charge on any atom is 0.237 e. The van der Waals surface area contributed by atoms with Crippen LogP contribution in [-0.2, 0) is 24.4 Å². The zero-order chi connectivity index (χ0) is 21.6.